The molecular weight excluding hydrogens is 373 g/mol. The molecule has 0 bridgehead atoms. The summed E-state index contributed by atoms with van der Waals surface area (Å²) in [5.74, 6) is -1.01. The smallest absolute Gasteiger partial charge is 0.368 e. The van der Waals surface area contributed by atoms with Gasteiger partial charge in [0.1, 0.15) is 5.82 Å². The van der Waals surface area contributed by atoms with Crippen LogP contribution in [-0.2, 0) is 12.6 Å². The maximum Gasteiger partial charge on any atom is 0.453 e. The molecule has 148 valence electrons. The maximum absolute atomic E-state index is 13.1. The van der Waals surface area contributed by atoms with Crippen LogP contribution in [0.4, 0.5) is 19.0 Å². The van der Waals surface area contributed by atoms with Crippen molar-refractivity contribution in [2.75, 3.05) is 18.9 Å². The van der Waals surface area contributed by atoms with Crippen molar-refractivity contribution >= 4 is 17.4 Å². The summed E-state index contributed by atoms with van der Waals surface area (Å²) in [4.78, 5) is 11.7. The lowest BCUT2D eigenvalue weighted by Crippen LogP contribution is -2.18. The summed E-state index contributed by atoms with van der Waals surface area (Å²) in [6.45, 7) is 3.87. The van der Waals surface area contributed by atoms with E-state index < -0.39 is 12.0 Å². The van der Waals surface area contributed by atoms with E-state index >= 15 is 0 Å². The number of nitrogens with zero attached hydrogens (tertiary/aromatic N) is 4. The fourth-order valence-corrected chi connectivity index (χ4v) is 2.81. The van der Waals surface area contributed by atoms with Crippen LogP contribution >= 0.6 is 0 Å². The number of hydrogen-bond donors (Lipinski definition) is 2. The minimum Gasteiger partial charge on any atom is -0.368 e. The highest BCUT2D eigenvalue weighted by molar-refractivity contribution is 5.94. The Morgan fingerprint density at radius 2 is 1.93 bits per heavy atom. The van der Waals surface area contributed by atoms with E-state index in [-0.39, 0.29) is 11.6 Å². The Kier molecular flexibility index (Phi) is 5.21. The molecule has 0 aliphatic rings. The van der Waals surface area contributed by atoms with Crippen molar-refractivity contribution < 1.29 is 18.0 Å². The fraction of sp³-hybridized carbons (Fsp3) is 0.333. The van der Waals surface area contributed by atoms with E-state index in [1.165, 1.54) is 0 Å². The molecule has 1 amide bonds. The second kappa shape index (κ2) is 7.45. The summed E-state index contributed by atoms with van der Waals surface area (Å²) >= 11 is 0. The van der Waals surface area contributed by atoms with Gasteiger partial charge in [-0.2, -0.15) is 17.7 Å². The fourth-order valence-electron chi connectivity index (χ4n) is 2.81. The topological polar surface area (TPSA) is 84.2 Å². The second-order valence-corrected chi connectivity index (χ2v) is 6.31. The third-order valence-corrected chi connectivity index (χ3v) is 4.47. The van der Waals surface area contributed by atoms with Crippen molar-refractivity contribution in [3.63, 3.8) is 0 Å². The highest BCUT2D eigenvalue weighted by Crippen LogP contribution is 2.29. The molecule has 0 atom stereocenters. The van der Waals surface area contributed by atoms with Crippen molar-refractivity contribution in [1.29, 1.82) is 0 Å². The van der Waals surface area contributed by atoms with Crippen LogP contribution in [0.15, 0.2) is 24.3 Å². The molecule has 0 unspecified atom stereocenters. The first-order valence-electron chi connectivity index (χ1n) is 8.57. The molecular formula is C18H19F3N6O. The summed E-state index contributed by atoms with van der Waals surface area (Å²) in [7, 11) is 1.56. The minimum atomic E-state index is -4.65. The van der Waals surface area contributed by atoms with E-state index in [0.29, 0.717) is 35.5 Å². The van der Waals surface area contributed by atoms with E-state index in [4.69, 9.17) is 0 Å². The number of halogens is 3. The summed E-state index contributed by atoms with van der Waals surface area (Å²) in [5.41, 5.74) is 2.82. The van der Waals surface area contributed by atoms with Gasteiger partial charge in [-0.25, -0.2) is 0 Å². The lowest BCUT2D eigenvalue weighted by Gasteiger charge is -2.13. The minimum absolute atomic E-state index is 0.0775. The number of carbonyl (C=O) groups is 1. The second-order valence-electron chi connectivity index (χ2n) is 6.31. The number of alkyl halides is 3. The van der Waals surface area contributed by atoms with Gasteiger partial charge in [0.2, 0.25) is 0 Å². The zero-order valence-corrected chi connectivity index (χ0v) is 15.6. The zero-order valence-electron chi connectivity index (χ0n) is 15.6. The lowest BCUT2D eigenvalue weighted by molar-refractivity contribution is -0.146. The first-order chi connectivity index (χ1) is 13.2. The molecule has 0 saturated heterocycles. The molecule has 1 aromatic carbocycles. The molecule has 2 heterocycles. The van der Waals surface area contributed by atoms with Gasteiger partial charge in [-0.05, 0) is 43.5 Å². The summed E-state index contributed by atoms with van der Waals surface area (Å²) < 4.78 is 40.0. The van der Waals surface area contributed by atoms with Gasteiger partial charge in [-0.1, -0.05) is 12.1 Å². The Labute approximate surface area is 159 Å². The molecule has 3 aromatic rings. The van der Waals surface area contributed by atoms with Gasteiger partial charge in [-0.15, -0.1) is 15.3 Å². The van der Waals surface area contributed by atoms with Gasteiger partial charge in [0.05, 0.1) is 0 Å². The van der Waals surface area contributed by atoms with Crippen molar-refractivity contribution in [1.82, 2.24) is 25.1 Å². The van der Waals surface area contributed by atoms with E-state index in [0.717, 1.165) is 10.1 Å². The molecule has 7 nitrogen and oxygen atoms in total. The molecule has 2 N–H and O–H groups in total. The molecule has 0 aliphatic heterocycles. The van der Waals surface area contributed by atoms with Gasteiger partial charge in [0.15, 0.2) is 5.65 Å². The molecule has 0 fully saturated rings. The number of hydrogen-bond acceptors (Lipinski definition) is 5. The van der Waals surface area contributed by atoms with Crippen LogP contribution < -0.4 is 10.6 Å². The van der Waals surface area contributed by atoms with Crippen LogP contribution in [0.1, 0.15) is 32.9 Å². The number of anilines is 1. The zero-order chi connectivity index (χ0) is 20.5. The Morgan fingerprint density at radius 3 is 2.61 bits per heavy atom. The predicted molar refractivity (Wildman–Crippen MR) is 97.3 cm³/mol. The van der Waals surface area contributed by atoms with Crippen LogP contribution in [0, 0.1) is 13.8 Å². The molecule has 0 saturated carbocycles. The van der Waals surface area contributed by atoms with Crippen LogP contribution in [-0.4, -0.2) is 39.3 Å². The Hall–Kier alpha value is -3.17. The number of fused-ring (bicyclic) bond motifs is 1. The van der Waals surface area contributed by atoms with Crippen molar-refractivity contribution in [2.24, 2.45) is 0 Å². The summed E-state index contributed by atoms with van der Waals surface area (Å²) in [6, 6.07) is 7.15. The molecule has 28 heavy (non-hydrogen) atoms. The maximum atomic E-state index is 13.1. The van der Waals surface area contributed by atoms with Gasteiger partial charge in [0, 0.05) is 24.7 Å². The van der Waals surface area contributed by atoms with Crippen molar-refractivity contribution in [2.45, 2.75) is 26.4 Å². The quantitative estimate of drug-likeness (QED) is 0.698. The number of benzene rings is 1. The number of aryl methyl sites for hydroxylation is 1. The van der Waals surface area contributed by atoms with E-state index in [1.807, 2.05) is 6.07 Å². The van der Waals surface area contributed by atoms with Crippen molar-refractivity contribution in [3.05, 3.63) is 52.3 Å². The van der Waals surface area contributed by atoms with Gasteiger partial charge in [-0.3, -0.25) is 4.79 Å². The monoisotopic (exact) mass is 392 g/mol. The van der Waals surface area contributed by atoms with Gasteiger partial charge >= 0.3 is 6.18 Å². The van der Waals surface area contributed by atoms with Crippen molar-refractivity contribution in [3.8, 4) is 0 Å². The third kappa shape index (κ3) is 3.75. The largest absolute Gasteiger partial charge is 0.453 e. The third-order valence-electron chi connectivity index (χ3n) is 4.47. The number of rotatable bonds is 5. The molecule has 0 radical (unpaired) electrons. The molecule has 2 aromatic heterocycles. The first-order valence-corrected chi connectivity index (χ1v) is 8.57. The Bertz CT molecular complexity index is 1030. The van der Waals surface area contributed by atoms with E-state index in [2.05, 4.69) is 25.9 Å². The number of carbonyl (C=O) groups excluding carboxylic acids is 1. The van der Waals surface area contributed by atoms with Crippen LogP contribution in [0.3, 0.4) is 0 Å². The summed E-state index contributed by atoms with van der Waals surface area (Å²) in [6.07, 6.45) is -4.08. The number of aromatic nitrogens is 4. The van der Waals surface area contributed by atoms with Gasteiger partial charge in [0.25, 0.3) is 11.7 Å². The van der Waals surface area contributed by atoms with Gasteiger partial charge < -0.3 is 10.6 Å². The highest BCUT2D eigenvalue weighted by Gasteiger charge is 2.38. The Balaban J connectivity index is 1.81. The average Bonchev–Trinajstić information content (AvgIpc) is 3.09. The van der Waals surface area contributed by atoms with Crippen LogP contribution in [0.2, 0.25) is 0 Å². The highest BCUT2D eigenvalue weighted by atomic mass is 19.4. The first kappa shape index (κ1) is 19.6. The Morgan fingerprint density at radius 1 is 1.18 bits per heavy atom. The van der Waals surface area contributed by atoms with E-state index in [1.54, 1.807) is 39.1 Å². The SMILES string of the molecule is CNC(=O)c1cccc(CCNc2nn3c(C(F)(F)F)nnc3c(C)c2C)c1. The predicted octanol–water partition coefficient (Wildman–Crippen LogP) is 2.77. The lowest BCUT2D eigenvalue weighted by atomic mass is 10.1. The molecule has 0 spiro atoms. The standard InChI is InChI=1S/C18H19F3N6O/c1-10-11(2)15-24-25-17(18(19,20)21)27(15)26-14(10)23-8-7-12-5-4-6-13(9-12)16(28)22-3/h4-6,9H,7-8H2,1-3H3,(H,22,28)(H,23,26). The number of amides is 1. The summed E-state index contributed by atoms with van der Waals surface area (Å²) in [5, 5.41) is 16.5. The van der Waals surface area contributed by atoms with Crippen LogP contribution in [0.5, 0.6) is 0 Å². The number of nitrogens with one attached hydrogen (secondary N) is 2. The molecule has 0 aliphatic carbocycles. The van der Waals surface area contributed by atoms with Crippen LogP contribution in [0.25, 0.3) is 5.65 Å². The average molecular weight is 392 g/mol. The molecule has 3 rings (SSSR count). The normalized spacial score (nSPS) is 11.6. The molecule has 10 heteroatoms. The van der Waals surface area contributed by atoms with E-state index in [9.17, 15) is 18.0 Å².